The molecular formula is C26H34N4O3S. The van der Waals surface area contributed by atoms with Crippen molar-refractivity contribution in [2.45, 2.75) is 58.3 Å². The Kier molecular flexibility index (Phi) is 8.98. The molecule has 0 aliphatic heterocycles. The number of thioether (sulfide) groups is 1. The summed E-state index contributed by atoms with van der Waals surface area (Å²) in [6.07, 6.45) is -0.305. The fourth-order valence-corrected chi connectivity index (χ4v) is 4.34. The van der Waals surface area contributed by atoms with E-state index >= 15 is 0 Å². The molecule has 0 spiro atoms. The Morgan fingerprint density at radius 3 is 2.32 bits per heavy atom. The molecule has 1 atom stereocenters. The largest absolute Gasteiger partial charge is 0.497 e. The molecule has 1 amide bonds. The lowest BCUT2D eigenvalue weighted by atomic mass is 10.0. The Morgan fingerprint density at radius 1 is 1.00 bits per heavy atom. The molecule has 0 saturated carbocycles. The van der Waals surface area contributed by atoms with E-state index in [-0.39, 0.29) is 17.8 Å². The Hall–Kier alpha value is -3.00. The van der Waals surface area contributed by atoms with E-state index in [1.54, 1.807) is 7.11 Å². The SMILES string of the molecule is COc1ccc(OC(C)c2nnc(SCC(=O)Nc3ccccc3C(C)C)n2CC(C)C)cc1. The van der Waals surface area contributed by atoms with Crippen molar-refractivity contribution in [3.8, 4) is 11.5 Å². The van der Waals surface area contributed by atoms with E-state index in [0.717, 1.165) is 35.1 Å². The number of amides is 1. The lowest BCUT2D eigenvalue weighted by Gasteiger charge is -2.18. The number of nitrogens with zero attached hydrogens (tertiary/aromatic N) is 3. The molecule has 0 saturated heterocycles. The van der Waals surface area contributed by atoms with E-state index in [1.165, 1.54) is 11.8 Å². The predicted molar refractivity (Wildman–Crippen MR) is 137 cm³/mol. The maximum absolute atomic E-state index is 12.7. The van der Waals surface area contributed by atoms with Gasteiger partial charge in [-0.2, -0.15) is 0 Å². The summed E-state index contributed by atoms with van der Waals surface area (Å²) in [4.78, 5) is 12.7. The summed E-state index contributed by atoms with van der Waals surface area (Å²) in [6, 6.07) is 15.4. The zero-order chi connectivity index (χ0) is 24.7. The fourth-order valence-electron chi connectivity index (χ4n) is 3.59. The quantitative estimate of drug-likeness (QED) is 0.341. The molecule has 34 heavy (non-hydrogen) atoms. The number of carbonyl (C=O) groups is 1. The molecule has 8 heteroatoms. The van der Waals surface area contributed by atoms with Gasteiger partial charge in [0.2, 0.25) is 5.91 Å². The second-order valence-corrected chi connectivity index (χ2v) is 9.80. The van der Waals surface area contributed by atoms with Crippen molar-refractivity contribution in [2.75, 3.05) is 18.2 Å². The van der Waals surface area contributed by atoms with Crippen molar-refractivity contribution >= 4 is 23.4 Å². The van der Waals surface area contributed by atoms with Gasteiger partial charge in [0.15, 0.2) is 17.1 Å². The topological polar surface area (TPSA) is 78.3 Å². The monoisotopic (exact) mass is 482 g/mol. The Labute approximate surface area is 206 Å². The van der Waals surface area contributed by atoms with Gasteiger partial charge < -0.3 is 19.4 Å². The fraction of sp³-hybridized carbons (Fsp3) is 0.423. The highest BCUT2D eigenvalue weighted by atomic mass is 32.2. The molecular weight excluding hydrogens is 448 g/mol. The van der Waals surface area contributed by atoms with Crippen LogP contribution >= 0.6 is 11.8 Å². The second-order valence-electron chi connectivity index (χ2n) is 8.86. The average Bonchev–Trinajstić information content (AvgIpc) is 3.20. The first-order valence-corrected chi connectivity index (χ1v) is 12.5. The molecule has 0 bridgehead atoms. The van der Waals surface area contributed by atoms with Gasteiger partial charge in [-0.1, -0.05) is 57.7 Å². The average molecular weight is 483 g/mol. The number of methoxy groups -OCH3 is 1. The van der Waals surface area contributed by atoms with E-state index in [2.05, 4.69) is 47.8 Å². The van der Waals surface area contributed by atoms with E-state index in [1.807, 2.05) is 55.5 Å². The van der Waals surface area contributed by atoms with E-state index in [9.17, 15) is 4.79 Å². The highest BCUT2D eigenvalue weighted by molar-refractivity contribution is 7.99. The second kappa shape index (κ2) is 11.9. The maximum Gasteiger partial charge on any atom is 0.234 e. The van der Waals surface area contributed by atoms with Crippen molar-refractivity contribution < 1.29 is 14.3 Å². The van der Waals surface area contributed by atoms with Crippen LogP contribution in [0.2, 0.25) is 0 Å². The third-order valence-electron chi connectivity index (χ3n) is 5.22. The van der Waals surface area contributed by atoms with Gasteiger partial charge in [0.05, 0.1) is 12.9 Å². The van der Waals surface area contributed by atoms with Crippen LogP contribution in [-0.2, 0) is 11.3 Å². The Balaban J connectivity index is 1.70. The highest BCUT2D eigenvalue weighted by Crippen LogP contribution is 2.28. The van der Waals surface area contributed by atoms with Gasteiger partial charge in [-0.05, 0) is 54.7 Å². The minimum absolute atomic E-state index is 0.0683. The number of nitrogens with one attached hydrogen (secondary N) is 1. The van der Waals surface area contributed by atoms with Crippen LogP contribution in [0.25, 0.3) is 0 Å². The van der Waals surface area contributed by atoms with Crippen LogP contribution in [-0.4, -0.2) is 33.5 Å². The summed E-state index contributed by atoms with van der Waals surface area (Å²) in [5.74, 6) is 3.12. The van der Waals surface area contributed by atoms with E-state index in [4.69, 9.17) is 9.47 Å². The van der Waals surface area contributed by atoms with Gasteiger partial charge >= 0.3 is 0 Å². The number of hydrogen-bond acceptors (Lipinski definition) is 6. The zero-order valence-electron chi connectivity index (χ0n) is 20.7. The summed E-state index contributed by atoms with van der Waals surface area (Å²) < 4.78 is 13.4. The van der Waals surface area contributed by atoms with Crippen molar-refractivity contribution in [3.05, 3.63) is 59.9 Å². The van der Waals surface area contributed by atoms with E-state index < -0.39 is 0 Å². The first-order chi connectivity index (χ1) is 16.3. The normalized spacial score (nSPS) is 12.1. The molecule has 3 aromatic rings. The number of hydrogen-bond donors (Lipinski definition) is 1. The first kappa shape index (κ1) is 25.6. The van der Waals surface area contributed by atoms with Gasteiger partial charge in [0, 0.05) is 12.2 Å². The Bertz CT molecular complexity index is 1080. The summed E-state index contributed by atoms with van der Waals surface area (Å²) >= 11 is 1.39. The smallest absolute Gasteiger partial charge is 0.234 e. The van der Waals surface area contributed by atoms with Gasteiger partial charge in [-0.3, -0.25) is 4.79 Å². The third kappa shape index (κ3) is 6.76. The van der Waals surface area contributed by atoms with Crippen LogP contribution in [0.15, 0.2) is 53.7 Å². The van der Waals surface area contributed by atoms with Crippen molar-refractivity contribution in [3.63, 3.8) is 0 Å². The molecule has 0 fully saturated rings. The summed E-state index contributed by atoms with van der Waals surface area (Å²) in [5, 5.41) is 12.5. The minimum Gasteiger partial charge on any atom is -0.497 e. The van der Waals surface area contributed by atoms with Gasteiger partial charge in [-0.15, -0.1) is 10.2 Å². The molecule has 0 radical (unpaired) electrons. The van der Waals surface area contributed by atoms with Gasteiger partial charge in [-0.25, -0.2) is 0 Å². The number of rotatable bonds is 11. The third-order valence-corrected chi connectivity index (χ3v) is 6.19. The van der Waals surface area contributed by atoms with Crippen LogP contribution in [0, 0.1) is 5.92 Å². The first-order valence-electron chi connectivity index (χ1n) is 11.5. The van der Waals surface area contributed by atoms with E-state index in [0.29, 0.717) is 17.0 Å². The molecule has 1 N–H and O–H groups in total. The molecule has 0 aliphatic rings. The highest BCUT2D eigenvalue weighted by Gasteiger charge is 2.21. The molecule has 182 valence electrons. The number of carbonyl (C=O) groups excluding carboxylic acids is 1. The summed E-state index contributed by atoms with van der Waals surface area (Å²) in [7, 11) is 1.63. The minimum atomic E-state index is -0.305. The van der Waals surface area contributed by atoms with Crippen molar-refractivity contribution in [1.29, 1.82) is 0 Å². The van der Waals surface area contributed by atoms with Crippen LogP contribution in [0.4, 0.5) is 5.69 Å². The summed E-state index contributed by atoms with van der Waals surface area (Å²) in [6.45, 7) is 11.2. The van der Waals surface area contributed by atoms with Crippen LogP contribution in [0.1, 0.15) is 58.0 Å². The Morgan fingerprint density at radius 2 is 1.68 bits per heavy atom. The number of para-hydroxylation sites is 1. The molecule has 0 aliphatic carbocycles. The summed E-state index contributed by atoms with van der Waals surface area (Å²) in [5.41, 5.74) is 1.98. The predicted octanol–water partition coefficient (Wildman–Crippen LogP) is 5.94. The van der Waals surface area contributed by atoms with Crippen LogP contribution < -0.4 is 14.8 Å². The molecule has 1 unspecified atom stereocenters. The number of ether oxygens (including phenoxy) is 2. The lowest BCUT2D eigenvalue weighted by Crippen LogP contribution is -2.17. The lowest BCUT2D eigenvalue weighted by molar-refractivity contribution is -0.113. The standard InChI is InChI=1S/C26H34N4O3S/c1-17(2)15-30-25(19(5)33-21-13-11-20(32-6)12-14-21)28-29-26(30)34-16-24(31)27-23-10-8-7-9-22(23)18(3)4/h7-14,17-19H,15-16H2,1-6H3,(H,27,31). The number of anilines is 1. The number of benzene rings is 2. The molecule has 3 rings (SSSR count). The molecule has 7 nitrogen and oxygen atoms in total. The van der Waals surface area contributed by atoms with Crippen LogP contribution in [0.3, 0.4) is 0 Å². The van der Waals surface area contributed by atoms with Gasteiger partial charge in [0.25, 0.3) is 0 Å². The van der Waals surface area contributed by atoms with Gasteiger partial charge in [0.1, 0.15) is 11.5 Å². The maximum atomic E-state index is 12.7. The molecule has 2 aromatic carbocycles. The zero-order valence-corrected chi connectivity index (χ0v) is 21.6. The molecule has 1 aromatic heterocycles. The number of aromatic nitrogens is 3. The molecule has 1 heterocycles. The van der Waals surface area contributed by atoms with Crippen molar-refractivity contribution in [1.82, 2.24) is 14.8 Å². The van der Waals surface area contributed by atoms with Crippen molar-refractivity contribution in [2.24, 2.45) is 5.92 Å². The van der Waals surface area contributed by atoms with Crippen LogP contribution in [0.5, 0.6) is 11.5 Å².